The van der Waals surface area contributed by atoms with Crippen LogP contribution in [-0.4, -0.2) is 64.3 Å². The smallest absolute Gasteiger partial charge is 0.431 e. The second-order valence-corrected chi connectivity index (χ2v) is 10.5. The van der Waals surface area contributed by atoms with Crippen molar-refractivity contribution in [3.8, 4) is 11.5 Å². The van der Waals surface area contributed by atoms with Gasteiger partial charge in [0.1, 0.15) is 5.25 Å². The number of imide groups is 1. The van der Waals surface area contributed by atoms with Crippen molar-refractivity contribution in [3.63, 3.8) is 0 Å². The van der Waals surface area contributed by atoms with Gasteiger partial charge in [0.25, 0.3) is 11.1 Å². The lowest BCUT2D eigenvalue weighted by Gasteiger charge is -2.24. The molecule has 3 heterocycles. The molecule has 2 aromatic carbocycles. The number of amides is 4. The minimum atomic E-state index is -4.92. The summed E-state index contributed by atoms with van der Waals surface area (Å²) < 4.78 is 45.8. The van der Waals surface area contributed by atoms with Crippen molar-refractivity contribution in [2.45, 2.75) is 24.3 Å². The average molecular weight is 588 g/mol. The average Bonchev–Trinajstić information content (AvgIpc) is 3.44. The van der Waals surface area contributed by atoms with Crippen LogP contribution in [-0.2, 0) is 15.8 Å². The van der Waals surface area contributed by atoms with E-state index < -0.39 is 39.9 Å². The molecule has 0 spiro atoms. The number of hydrogen-bond acceptors (Lipinski definition) is 8. The van der Waals surface area contributed by atoms with Crippen LogP contribution >= 0.6 is 11.8 Å². The van der Waals surface area contributed by atoms with Crippen molar-refractivity contribution in [1.29, 1.82) is 0 Å². The molecule has 5 rings (SSSR count). The molecular formula is C27H24F3N5O5S. The van der Waals surface area contributed by atoms with Crippen LogP contribution in [0.3, 0.4) is 0 Å². The van der Waals surface area contributed by atoms with Crippen molar-refractivity contribution in [1.82, 2.24) is 15.2 Å². The SMILES string of the molecule is O=C1NC(=O)C(CC(=O)N2CCCN(c3ccc(NC(=O)c4nc(-c5ccccc5)oc4C(F)(F)F)cc3)CC2)S1. The lowest BCUT2D eigenvalue weighted by molar-refractivity contribution is -0.153. The Kier molecular flexibility index (Phi) is 8.01. The Bertz CT molecular complexity index is 1460. The molecule has 14 heteroatoms. The van der Waals surface area contributed by atoms with Gasteiger partial charge in [0.15, 0.2) is 5.69 Å². The van der Waals surface area contributed by atoms with E-state index in [0.29, 0.717) is 38.2 Å². The summed E-state index contributed by atoms with van der Waals surface area (Å²) in [6, 6.07) is 14.6. The first-order chi connectivity index (χ1) is 19.6. The number of halogens is 3. The minimum absolute atomic E-state index is 0.0505. The number of aromatic nitrogens is 1. The van der Waals surface area contributed by atoms with E-state index in [0.717, 1.165) is 17.4 Å². The molecule has 0 bridgehead atoms. The Morgan fingerprint density at radius 2 is 1.76 bits per heavy atom. The van der Waals surface area contributed by atoms with Gasteiger partial charge >= 0.3 is 6.18 Å². The molecule has 2 fully saturated rings. The number of benzene rings is 2. The number of carbonyl (C=O) groups is 4. The number of nitrogens with zero attached hydrogens (tertiary/aromatic N) is 3. The van der Waals surface area contributed by atoms with Gasteiger partial charge < -0.3 is 19.5 Å². The Morgan fingerprint density at radius 3 is 2.41 bits per heavy atom. The summed E-state index contributed by atoms with van der Waals surface area (Å²) in [4.78, 5) is 56.2. The van der Waals surface area contributed by atoms with Crippen LogP contribution in [0.15, 0.2) is 59.0 Å². The summed E-state index contributed by atoms with van der Waals surface area (Å²) in [6.07, 6.45) is -4.30. The second-order valence-electron chi connectivity index (χ2n) is 9.37. The molecule has 3 aromatic rings. The Labute approximate surface area is 236 Å². The van der Waals surface area contributed by atoms with E-state index in [1.54, 1.807) is 47.4 Å². The molecule has 2 saturated heterocycles. The van der Waals surface area contributed by atoms with Gasteiger partial charge in [0, 0.05) is 49.5 Å². The minimum Gasteiger partial charge on any atom is -0.431 e. The van der Waals surface area contributed by atoms with E-state index in [4.69, 9.17) is 4.42 Å². The van der Waals surface area contributed by atoms with E-state index >= 15 is 0 Å². The van der Waals surface area contributed by atoms with E-state index in [1.807, 2.05) is 4.90 Å². The first-order valence-electron chi connectivity index (χ1n) is 12.7. The first-order valence-corrected chi connectivity index (χ1v) is 13.6. The van der Waals surface area contributed by atoms with Crippen LogP contribution in [0.5, 0.6) is 0 Å². The van der Waals surface area contributed by atoms with Gasteiger partial charge in [-0.15, -0.1) is 0 Å². The van der Waals surface area contributed by atoms with Crippen LogP contribution < -0.4 is 15.5 Å². The molecule has 0 aliphatic carbocycles. The molecule has 1 unspecified atom stereocenters. The van der Waals surface area contributed by atoms with Crippen LogP contribution in [0, 0.1) is 0 Å². The molecular weight excluding hydrogens is 563 g/mol. The van der Waals surface area contributed by atoms with Gasteiger partial charge in [-0.2, -0.15) is 13.2 Å². The predicted molar refractivity (Wildman–Crippen MR) is 144 cm³/mol. The normalized spacial score (nSPS) is 17.8. The Balaban J connectivity index is 1.22. The summed E-state index contributed by atoms with van der Waals surface area (Å²) in [6.45, 7) is 2.07. The summed E-state index contributed by atoms with van der Waals surface area (Å²) in [5.41, 5.74) is 0.509. The summed E-state index contributed by atoms with van der Waals surface area (Å²) >= 11 is 0.822. The maximum Gasteiger partial charge on any atom is 0.452 e. The number of hydrogen-bond donors (Lipinski definition) is 2. The van der Waals surface area contributed by atoms with Crippen molar-refractivity contribution >= 4 is 46.1 Å². The van der Waals surface area contributed by atoms with E-state index in [1.165, 1.54) is 12.1 Å². The fraction of sp³-hybridized carbons (Fsp3) is 0.296. The third-order valence-electron chi connectivity index (χ3n) is 6.59. The van der Waals surface area contributed by atoms with Gasteiger partial charge in [0.2, 0.25) is 23.5 Å². The van der Waals surface area contributed by atoms with Crippen molar-refractivity contribution < 1.29 is 36.8 Å². The molecule has 2 aliphatic heterocycles. The third kappa shape index (κ3) is 6.53. The molecule has 2 aliphatic rings. The number of carbonyl (C=O) groups excluding carboxylic acids is 4. The highest BCUT2D eigenvalue weighted by Gasteiger charge is 2.42. The highest BCUT2D eigenvalue weighted by molar-refractivity contribution is 8.15. The fourth-order valence-corrected chi connectivity index (χ4v) is 5.37. The molecule has 0 radical (unpaired) electrons. The monoisotopic (exact) mass is 587 g/mol. The van der Waals surface area contributed by atoms with Gasteiger partial charge in [-0.3, -0.25) is 24.5 Å². The number of nitrogens with one attached hydrogen (secondary N) is 2. The van der Waals surface area contributed by atoms with Gasteiger partial charge in [-0.05, 0) is 42.8 Å². The zero-order valence-electron chi connectivity index (χ0n) is 21.4. The van der Waals surface area contributed by atoms with Gasteiger partial charge in [-0.1, -0.05) is 30.0 Å². The molecule has 2 N–H and O–H groups in total. The maximum atomic E-state index is 13.6. The summed E-state index contributed by atoms with van der Waals surface area (Å²) in [5.74, 6) is -3.50. The number of oxazole rings is 1. The number of thioether (sulfide) groups is 1. The van der Waals surface area contributed by atoms with Crippen molar-refractivity contribution in [2.24, 2.45) is 0 Å². The van der Waals surface area contributed by atoms with E-state index in [9.17, 15) is 32.3 Å². The molecule has 10 nitrogen and oxygen atoms in total. The lowest BCUT2D eigenvalue weighted by atomic mass is 10.2. The molecule has 1 atom stereocenters. The Morgan fingerprint density at radius 1 is 1.02 bits per heavy atom. The number of rotatable bonds is 6. The predicted octanol–water partition coefficient (Wildman–Crippen LogP) is 4.39. The highest BCUT2D eigenvalue weighted by Crippen LogP contribution is 2.35. The topological polar surface area (TPSA) is 125 Å². The zero-order valence-corrected chi connectivity index (χ0v) is 22.3. The first kappa shape index (κ1) is 28.2. The van der Waals surface area contributed by atoms with Crippen LogP contribution in [0.1, 0.15) is 29.1 Å². The van der Waals surface area contributed by atoms with Crippen LogP contribution in [0.4, 0.5) is 29.3 Å². The standard InChI is InChI=1S/C27H24F3N5O5S/c28-27(29,30)22-21(32-25(40-22)16-5-2-1-3-6-16)24(38)31-17-7-9-18(10-8-17)34-11-4-12-35(14-13-34)20(36)15-19-23(37)33-26(39)41-19/h1-3,5-10,19H,4,11-15H2,(H,31,38)(H,33,37,39). The second kappa shape index (κ2) is 11.6. The fourth-order valence-electron chi connectivity index (χ4n) is 4.56. The van der Waals surface area contributed by atoms with E-state index in [-0.39, 0.29) is 23.9 Å². The van der Waals surface area contributed by atoms with Crippen molar-refractivity contribution in [3.05, 3.63) is 66.1 Å². The molecule has 214 valence electrons. The van der Waals surface area contributed by atoms with Crippen LogP contribution in [0.2, 0.25) is 0 Å². The molecule has 4 amide bonds. The third-order valence-corrected chi connectivity index (χ3v) is 7.57. The quantitative estimate of drug-likeness (QED) is 0.435. The Hall–Kier alpha value is -4.33. The van der Waals surface area contributed by atoms with Crippen LogP contribution in [0.25, 0.3) is 11.5 Å². The van der Waals surface area contributed by atoms with Gasteiger partial charge in [0.05, 0.1) is 0 Å². The number of alkyl halides is 3. The lowest BCUT2D eigenvalue weighted by Crippen LogP contribution is -2.37. The molecule has 0 saturated carbocycles. The number of anilines is 2. The zero-order chi connectivity index (χ0) is 29.1. The molecule has 41 heavy (non-hydrogen) atoms. The maximum absolute atomic E-state index is 13.6. The summed E-state index contributed by atoms with van der Waals surface area (Å²) in [7, 11) is 0. The summed E-state index contributed by atoms with van der Waals surface area (Å²) in [5, 5.41) is 3.46. The van der Waals surface area contributed by atoms with Gasteiger partial charge in [-0.25, -0.2) is 4.98 Å². The van der Waals surface area contributed by atoms with E-state index in [2.05, 4.69) is 15.6 Å². The largest absolute Gasteiger partial charge is 0.452 e. The highest BCUT2D eigenvalue weighted by atomic mass is 32.2. The van der Waals surface area contributed by atoms with Crippen molar-refractivity contribution in [2.75, 3.05) is 36.4 Å². The molecule has 1 aromatic heterocycles.